The van der Waals surface area contributed by atoms with E-state index in [-0.39, 0.29) is 11.7 Å². The zero-order valence-electron chi connectivity index (χ0n) is 9.63. The van der Waals surface area contributed by atoms with Crippen LogP contribution in [0.25, 0.3) is 11.4 Å². The number of nitrogens with zero attached hydrogens (tertiary/aromatic N) is 2. The number of rotatable bonds is 4. The van der Waals surface area contributed by atoms with Gasteiger partial charge in [0.2, 0.25) is 11.7 Å². The van der Waals surface area contributed by atoms with E-state index in [4.69, 9.17) is 10.3 Å². The monoisotopic (exact) mass is 233 g/mol. The fourth-order valence-corrected chi connectivity index (χ4v) is 1.61. The minimum Gasteiger partial charge on any atom is -0.508 e. The van der Waals surface area contributed by atoms with E-state index in [2.05, 4.69) is 10.1 Å². The van der Waals surface area contributed by atoms with Crippen molar-refractivity contribution in [3.8, 4) is 17.1 Å². The molecule has 1 aromatic carbocycles. The topological polar surface area (TPSA) is 85.2 Å². The highest BCUT2D eigenvalue weighted by molar-refractivity contribution is 5.56. The molecule has 90 valence electrons. The lowest BCUT2D eigenvalue weighted by atomic mass is 10.1. The third-order valence-corrected chi connectivity index (χ3v) is 2.67. The summed E-state index contributed by atoms with van der Waals surface area (Å²) < 4.78 is 5.18. The van der Waals surface area contributed by atoms with Crippen LogP contribution in [0.1, 0.15) is 25.2 Å². The highest BCUT2D eigenvalue weighted by Gasteiger charge is 2.16. The highest BCUT2D eigenvalue weighted by atomic mass is 16.5. The number of hydrogen-bond acceptors (Lipinski definition) is 5. The second-order valence-corrected chi connectivity index (χ2v) is 3.85. The molecule has 0 fully saturated rings. The Kier molecular flexibility index (Phi) is 3.39. The maximum atomic E-state index is 9.38. The molecule has 3 N–H and O–H groups in total. The summed E-state index contributed by atoms with van der Waals surface area (Å²) in [6, 6.07) is 6.75. The van der Waals surface area contributed by atoms with E-state index in [0.29, 0.717) is 18.3 Å². The molecule has 0 saturated carbocycles. The minimum absolute atomic E-state index is 0.0913. The van der Waals surface area contributed by atoms with Gasteiger partial charge in [-0.05, 0) is 18.6 Å². The Bertz CT molecular complexity index is 492. The first-order valence-electron chi connectivity index (χ1n) is 5.57. The Hall–Kier alpha value is -1.88. The van der Waals surface area contributed by atoms with Crippen LogP contribution < -0.4 is 5.73 Å². The summed E-state index contributed by atoms with van der Waals surface area (Å²) in [5, 5.41) is 13.3. The van der Waals surface area contributed by atoms with E-state index in [0.717, 1.165) is 12.0 Å². The fraction of sp³-hybridized carbons (Fsp3) is 0.333. The van der Waals surface area contributed by atoms with Crippen LogP contribution in [0.2, 0.25) is 0 Å². The fourth-order valence-electron chi connectivity index (χ4n) is 1.61. The smallest absolute Gasteiger partial charge is 0.231 e. The zero-order valence-corrected chi connectivity index (χ0v) is 9.63. The third kappa shape index (κ3) is 2.45. The van der Waals surface area contributed by atoms with Crippen LogP contribution in [0.4, 0.5) is 0 Å². The molecule has 0 amide bonds. The van der Waals surface area contributed by atoms with Crippen molar-refractivity contribution in [1.82, 2.24) is 10.1 Å². The Morgan fingerprint density at radius 2 is 2.29 bits per heavy atom. The number of hydrogen-bond donors (Lipinski definition) is 2. The van der Waals surface area contributed by atoms with Crippen molar-refractivity contribution in [3.63, 3.8) is 0 Å². The lowest BCUT2D eigenvalue weighted by Crippen LogP contribution is -2.11. The van der Waals surface area contributed by atoms with Gasteiger partial charge in [0.1, 0.15) is 5.75 Å². The maximum absolute atomic E-state index is 9.38. The molecule has 1 heterocycles. The number of nitrogens with two attached hydrogens (primary N) is 1. The van der Waals surface area contributed by atoms with Gasteiger partial charge >= 0.3 is 0 Å². The van der Waals surface area contributed by atoms with E-state index < -0.39 is 0 Å². The van der Waals surface area contributed by atoms with Crippen molar-refractivity contribution >= 4 is 0 Å². The molecule has 0 aliphatic rings. The number of benzene rings is 1. The third-order valence-electron chi connectivity index (χ3n) is 2.67. The second-order valence-electron chi connectivity index (χ2n) is 3.85. The first-order valence-corrected chi connectivity index (χ1v) is 5.57. The zero-order chi connectivity index (χ0) is 12.3. The van der Waals surface area contributed by atoms with E-state index in [1.807, 2.05) is 13.0 Å². The first-order chi connectivity index (χ1) is 8.24. The van der Waals surface area contributed by atoms with Gasteiger partial charge in [-0.15, -0.1) is 0 Å². The Morgan fingerprint density at radius 3 is 2.94 bits per heavy atom. The van der Waals surface area contributed by atoms with Gasteiger partial charge in [-0.2, -0.15) is 4.98 Å². The van der Waals surface area contributed by atoms with E-state index in [1.165, 1.54) is 0 Å². The molecule has 1 unspecified atom stereocenters. The van der Waals surface area contributed by atoms with Gasteiger partial charge in [-0.1, -0.05) is 24.2 Å². The summed E-state index contributed by atoms with van der Waals surface area (Å²) in [6.07, 6.45) is 0.859. The molecule has 1 aromatic heterocycles. The maximum Gasteiger partial charge on any atom is 0.231 e. The molecule has 0 aliphatic heterocycles. The summed E-state index contributed by atoms with van der Waals surface area (Å²) in [5.41, 5.74) is 6.35. The van der Waals surface area contributed by atoms with Crippen LogP contribution in [0.3, 0.4) is 0 Å². The van der Waals surface area contributed by atoms with Gasteiger partial charge in [-0.25, -0.2) is 0 Å². The van der Waals surface area contributed by atoms with Crippen molar-refractivity contribution < 1.29 is 9.63 Å². The summed E-state index contributed by atoms with van der Waals surface area (Å²) in [7, 11) is 0. The van der Waals surface area contributed by atoms with Crippen molar-refractivity contribution in [2.24, 2.45) is 5.73 Å². The van der Waals surface area contributed by atoms with Crippen LogP contribution >= 0.6 is 0 Å². The first kappa shape index (κ1) is 11.6. The van der Waals surface area contributed by atoms with Crippen molar-refractivity contribution in [3.05, 3.63) is 30.2 Å². The quantitative estimate of drug-likeness (QED) is 0.842. The van der Waals surface area contributed by atoms with Gasteiger partial charge in [0.25, 0.3) is 0 Å². The summed E-state index contributed by atoms with van der Waals surface area (Å²) in [5.74, 6) is 1.30. The lowest BCUT2D eigenvalue weighted by molar-refractivity contribution is 0.351. The predicted molar refractivity (Wildman–Crippen MR) is 63.5 cm³/mol. The molecule has 1 atom stereocenters. The van der Waals surface area contributed by atoms with Gasteiger partial charge in [0, 0.05) is 12.1 Å². The molecule has 17 heavy (non-hydrogen) atoms. The molecule has 2 rings (SSSR count). The average Bonchev–Trinajstić information content (AvgIpc) is 2.80. The molecule has 0 radical (unpaired) electrons. The molecule has 5 heteroatoms. The lowest BCUT2D eigenvalue weighted by Gasteiger charge is -2.04. The highest BCUT2D eigenvalue weighted by Crippen LogP contribution is 2.23. The number of phenolic OH excluding ortho intramolecular Hbond substituents is 1. The molecule has 0 spiro atoms. The van der Waals surface area contributed by atoms with E-state index in [1.54, 1.807) is 18.2 Å². The summed E-state index contributed by atoms with van der Waals surface area (Å²) in [4.78, 5) is 4.29. The van der Waals surface area contributed by atoms with Crippen LogP contribution in [0.5, 0.6) is 5.75 Å². The Morgan fingerprint density at radius 1 is 1.47 bits per heavy atom. The number of phenols is 1. The van der Waals surface area contributed by atoms with Crippen LogP contribution in [-0.2, 0) is 0 Å². The van der Waals surface area contributed by atoms with Crippen molar-refractivity contribution in [1.29, 1.82) is 0 Å². The summed E-state index contributed by atoms with van der Waals surface area (Å²) in [6.45, 7) is 2.51. The standard InChI is InChI=1S/C12H15N3O2/c1-2-8(7-13)12-14-11(15-17-12)9-4-3-5-10(16)6-9/h3-6,8,16H,2,7,13H2,1H3. The Balaban J connectivity index is 2.29. The van der Waals surface area contributed by atoms with Gasteiger partial charge in [-0.3, -0.25) is 0 Å². The normalized spacial score (nSPS) is 12.6. The number of aromatic nitrogens is 2. The van der Waals surface area contributed by atoms with Gasteiger partial charge in [0.15, 0.2) is 0 Å². The van der Waals surface area contributed by atoms with Crippen LogP contribution in [0, 0.1) is 0 Å². The van der Waals surface area contributed by atoms with Gasteiger partial charge < -0.3 is 15.4 Å². The van der Waals surface area contributed by atoms with Crippen molar-refractivity contribution in [2.45, 2.75) is 19.3 Å². The molecule has 5 nitrogen and oxygen atoms in total. The minimum atomic E-state index is 0.0913. The van der Waals surface area contributed by atoms with E-state index >= 15 is 0 Å². The van der Waals surface area contributed by atoms with E-state index in [9.17, 15) is 5.11 Å². The predicted octanol–water partition coefficient (Wildman–Crippen LogP) is 1.89. The molecule has 0 saturated heterocycles. The number of aromatic hydroxyl groups is 1. The molecular formula is C12H15N3O2. The SMILES string of the molecule is CCC(CN)c1nc(-c2cccc(O)c2)no1. The molecule has 0 bridgehead atoms. The van der Waals surface area contributed by atoms with Crippen LogP contribution in [0.15, 0.2) is 28.8 Å². The molecular weight excluding hydrogens is 218 g/mol. The largest absolute Gasteiger partial charge is 0.508 e. The average molecular weight is 233 g/mol. The van der Waals surface area contributed by atoms with Crippen molar-refractivity contribution in [2.75, 3.05) is 6.54 Å². The summed E-state index contributed by atoms with van der Waals surface area (Å²) >= 11 is 0. The second kappa shape index (κ2) is 4.97. The molecule has 2 aromatic rings. The van der Waals surface area contributed by atoms with Crippen LogP contribution in [-0.4, -0.2) is 21.8 Å². The molecule has 0 aliphatic carbocycles. The Labute approximate surface area is 99.3 Å². The van der Waals surface area contributed by atoms with Gasteiger partial charge in [0.05, 0.1) is 5.92 Å².